The number of nitrogens with zero attached hydrogens (tertiary/aromatic N) is 3. The second kappa shape index (κ2) is 6.14. The first-order valence-electron chi connectivity index (χ1n) is 5.38. The number of hydrogen-bond acceptors (Lipinski definition) is 6. The van der Waals surface area contributed by atoms with E-state index in [-0.39, 0.29) is 11.6 Å². The monoisotopic (exact) mass is 401 g/mol. The quantitative estimate of drug-likeness (QED) is 0.539. The van der Waals surface area contributed by atoms with Gasteiger partial charge in [-0.25, -0.2) is 9.89 Å². The van der Waals surface area contributed by atoms with Crippen molar-refractivity contribution < 1.29 is 5.11 Å². The van der Waals surface area contributed by atoms with E-state index in [9.17, 15) is 9.90 Å². The molecule has 0 bridgehead atoms. The zero-order chi connectivity index (χ0) is 14.7. The number of benzene rings is 1. The van der Waals surface area contributed by atoms with Crippen molar-refractivity contribution in [1.29, 1.82) is 0 Å². The van der Waals surface area contributed by atoms with Gasteiger partial charge in [0, 0.05) is 10.0 Å². The second-order valence-corrected chi connectivity index (χ2v) is 5.54. The minimum atomic E-state index is -0.568. The molecular weight excluding hydrogens is 394 g/mol. The summed E-state index contributed by atoms with van der Waals surface area (Å²) in [5.74, 6) is 0.311. The molecule has 0 atom stereocenters. The summed E-state index contributed by atoms with van der Waals surface area (Å²) in [6, 6.07) is 3.41. The lowest BCUT2D eigenvalue weighted by atomic mass is 10.2. The zero-order valence-corrected chi connectivity index (χ0v) is 13.4. The van der Waals surface area contributed by atoms with Gasteiger partial charge in [0.2, 0.25) is 0 Å². The van der Waals surface area contributed by atoms with Gasteiger partial charge in [0.1, 0.15) is 11.4 Å². The average Bonchev–Trinajstić information content (AvgIpc) is 2.39. The Labute approximate surface area is 130 Å². The highest BCUT2D eigenvalue weighted by molar-refractivity contribution is 9.11. The third-order valence-corrected chi connectivity index (χ3v) is 3.37. The summed E-state index contributed by atoms with van der Waals surface area (Å²) in [6.07, 6.45) is 1.41. The van der Waals surface area contributed by atoms with E-state index in [0.717, 1.165) is 4.47 Å². The molecule has 20 heavy (non-hydrogen) atoms. The van der Waals surface area contributed by atoms with E-state index in [4.69, 9.17) is 0 Å². The summed E-state index contributed by atoms with van der Waals surface area (Å²) in [7, 11) is 0. The number of phenolic OH excluding ortho intramolecular Hbond substituents is 1. The van der Waals surface area contributed by atoms with E-state index in [1.54, 1.807) is 19.1 Å². The van der Waals surface area contributed by atoms with Crippen LogP contribution in [0.25, 0.3) is 0 Å². The fourth-order valence-corrected chi connectivity index (χ4v) is 2.60. The van der Waals surface area contributed by atoms with Crippen molar-refractivity contribution in [2.24, 2.45) is 5.10 Å². The van der Waals surface area contributed by atoms with Gasteiger partial charge in [-0.3, -0.25) is 5.43 Å². The Balaban J connectivity index is 2.22. The van der Waals surface area contributed by atoms with Crippen LogP contribution in [-0.2, 0) is 0 Å². The van der Waals surface area contributed by atoms with E-state index in [1.165, 1.54) is 6.21 Å². The van der Waals surface area contributed by atoms with Crippen LogP contribution in [0.2, 0.25) is 0 Å². The molecule has 1 heterocycles. The SMILES string of the molecule is Cc1n[nH]c(=O)nc1NN=Cc1cc(Br)cc(Br)c1O. The van der Waals surface area contributed by atoms with Gasteiger partial charge in [0.05, 0.1) is 10.7 Å². The van der Waals surface area contributed by atoms with Crippen LogP contribution in [0.1, 0.15) is 11.3 Å². The molecular formula is C11H9Br2N5O2. The van der Waals surface area contributed by atoms with Gasteiger partial charge < -0.3 is 5.11 Å². The molecule has 9 heteroatoms. The summed E-state index contributed by atoms with van der Waals surface area (Å²) in [4.78, 5) is 14.7. The third kappa shape index (κ3) is 3.42. The van der Waals surface area contributed by atoms with E-state index < -0.39 is 5.69 Å². The predicted octanol–water partition coefficient (Wildman–Crippen LogP) is 2.15. The van der Waals surface area contributed by atoms with E-state index in [1.807, 2.05) is 0 Å². The van der Waals surface area contributed by atoms with Gasteiger partial charge in [-0.2, -0.15) is 15.2 Å². The summed E-state index contributed by atoms with van der Waals surface area (Å²) >= 11 is 6.54. The lowest BCUT2D eigenvalue weighted by Crippen LogP contribution is -2.15. The van der Waals surface area contributed by atoms with Crippen molar-refractivity contribution in [3.05, 3.63) is 42.8 Å². The molecule has 2 rings (SSSR count). The van der Waals surface area contributed by atoms with Gasteiger partial charge in [0.25, 0.3) is 0 Å². The Morgan fingerprint density at radius 1 is 1.45 bits per heavy atom. The number of nitrogens with one attached hydrogen (secondary N) is 2. The maximum absolute atomic E-state index is 11.0. The van der Waals surface area contributed by atoms with Crippen LogP contribution in [0.15, 0.2) is 31.0 Å². The number of aromatic amines is 1. The summed E-state index contributed by atoms with van der Waals surface area (Å²) < 4.78 is 1.33. The van der Waals surface area contributed by atoms with Crippen molar-refractivity contribution in [2.45, 2.75) is 6.92 Å². The first kappa shape index (κ1) is 14.7. The molecule has 0 unspecified atom stereocenters. The van der Waals surface area contributed by atoms with Gasteiger partial charge in [-0.15, -0.1) is 0 Å². The molecule has 0 saturated heterocycles. The van der Waals surface area contributed by atoms with Gasteiger partial charge in [-0.1, -0.05) is 15.9 Å². The molecule has 0 aliphatic rings. The molecule has 0 fully saturated rings. The van der Waals surface area contributed by atoms with Crippen LogP contribution < -0.4 is 11.1 Å². The van der Waals surface area contributed by atoms with Crippen LogP contribution in [0.3, 0.4) is 0 Å². The molecule has 0 aliphatic carbocycles. The molecule has 2 aromatic rings. The number of aryl methyl sites for hydroxylation is 1. The number of hydrogen-bond donors (Lipinski definition) is 3. The molecule has 7 nitrogen and oxygen atoms in total. The number of phenols is 1. The molecule has 0 amide bonds. The van der Waals surface area contributed by atoms with Gasteiger partial charge in [-0.05, 0) is 35.0 Å². The number of aromatic hydroxyl groups is 1. The number of hydrazone groups is 1. The van der Waals surface area contributed by atoms with Crippen LogP contribution in [0.5, 0.6) is 5.75 Å². The van der Waals surface area contributed by atoms with Crippen molar-refractivity contribution in [3.63, 3.8) is 0 Å². The number of halogens is 2. The third-order valence-electron chi connectivity index (χ3n) is 2.31. The first-order chi connectivity index (χ1) is 9.47. The second-order valence-electron chi connectivity index (χ2n) is 3.77. The van der Waals surface area contributed by atoms with Crippen molar-refractivity contribution in [1.82, 2.24) is 15.2 Å². The van der Waals surface area contributed by atoms with Crippen LogP contribution in [-0.4, -0.2) is 26.5 Å². The highest BCUT2D eigenvalue weighted by Crippen LogP contribution is 2.30. The average molecular weight is 403 g/mol. The van der Waals surface area contributed by atoms with Crippen molar-refractivity contribution in [3.8, 4) is 5.75 Å². The Kier molecular flexibility index (Phi) is 4.50. The fourth-order valence-electron chi connectivity index (χ4n) is 1.35. The van der Waals surface area contributed by atoms with Crippen molar-refractivity contribution in [2.75, 3.05) is 5.43 Å². The molecule has 1 aromatic carbocycles. The maximum atomic E-state index is 11.0. The number of aromatic nitrogens is 3. The molecule has 1 aromatic heterocycles. The largest absolute Gasteiger partial charge is 0.506 e. The minimum absolute atomic E-state index is 0.0625. The lowest BCUT2D eigenvalue weighted by Gasteiger charge is -2.03. The zero-order valence-electron chi connectivity index (χ0n) is 10.2. The predicted molar refractivity (Wildman–Crippen MR) is 82.1 cm³/mol. The Bertz CT molecular complexity index is 729. The van der Waals surface area contributed by atoms with Crippen LogP contribution in [0.4, 0.5) is 5.82 Å². The first-order valence-corrected chi connectivity index (χ1v) is 6.96. The highest BCUT2D eigenvalue weighted by atomic mass is 79.9. The molecule has 0 spiro atoms. The molecule has 0 aliphatic heterocycles. The number of rotatable bonds is 3. The lowest BCUT2D eigenvalue weighted by molar-refractivity contribution is 0.471. The van der Waals surface area contributed by atoms with E-state index in [2.05, 4.69) is 57.6 Å². The smallest absolute Gasteiger partial charge is 0.363 e. The molecule has 3 N–H and O–H groups in total. The minimum Gasteiger partial charge on any atom is -0.506 e. The number of H-pyrrole nitrogens is 1. The Morgan fingerprint density at radius 2 is 2.20 bits per heavy atom. The van der Waals surface area contributed by atoms with E-state index >= 15 is 0 Å². The van der Waals surface area contributed by atoms with Gasteiger partial charge >= 0.3 is 5.69 Å². The van der Waals surface area contributed by atoms with Gasteiger partial charge in [0.15, 0.2) is 5.82 Å². The normalized spacial score (nSPS) is 10.9. The standard InChI is InChI=1S/C11H9Br2N5O2/c1-5-10(15-11(20)18-16-5)17-14-4-6-2-7(12)3-8(13)9(6)19/h2-4,19H,1H3,(H2,15,17,18,20). The molecule has 0 saturated carbocycles. The van der Waals surface area contributed by atoms with Crippen molar-refractivity contribution >= 4 is 43.9 Å². The molecule has 0 radical (unpaired) electrons. The van der Waals surface area contributed by atoms with Crippen LogP contribution >= 0.6 is 31.9 Å². The molecule has 104 valence electrons. The Morgan fingerprint density at radius 3 is 2.95 bits per heavy atom. The topological polar surface area (TPSA) is 103 Å². The fraction of sp³-hybridized carbons (Fsp3) is 0.0909. The highest BCUT2D eigenvalue weighted by Gasteiger charge is 2.05. The summed E-state index contributed by atoms with van der Waals surface area (Å²) in [6.45, 7) is 1.67. The van der Waals surface area contributed by atoms with E-state index in [0.29, 0.717) is 15.7 Å². The number of anilines is 1. The maximum Gasteiger partial charge on any atom is 0.363 e. The summed E-state index contributed by atoms with van der Waals surface area (Å²) in [5, 5.41) is 19.7. The Hall–Kier alpha value is -1.74. The summed E-state index contributed by atoms with van der Waals surface area (Å²) in [5.41, 5.74) is 3.03. The van der Waals surface area contributed by atoms with Crippen LogP contribution in [0, 0.1) is 6.92 Å².